The highest BCUT2D eigenvalue weighted by atomic mass is 79.9. The van der Waals surface area contributed by atoms with E-state index < -0.39 is 0 Å². The van der Waals surface area contributed by atoms with Crippen LogP contribution in [0.15, 0.2) is 22.7 Å². The van der Waals surface area contributed by atoms with Gasteiger partial charge in [0.1, 0.15) is 0 Å². The fourth-order valence-electron chi connectivity index (χ4n) is 1.86. The molecular formula is C13H15BrN2O2. The SMILES string of the molecule is Cc1ccc(C(=O)NC2CCC(=O)NC2)cc1Br. The Labute approximate surface area is 114 Å². The van der Waals surface area contributed by atoms with Crippen molar-refractivity contribution >= 4 is 27.7 Å². The van der Waals surface area contributed by atoms with Crippen LogP contribution in [0.1, 0.15) is 28.8 Å². The minimum Gasteiger partial charge on any atom is -0.354 e. The highest BCUT2D eigenvalue weighted by molar-refractivity contribution is 9.10. The summed E-state index contributed by atoms with van der Waals surface area (Å²) in [5.74, 6) is -0.0459. The largest absolute Gasteiger partial charge is 0.354 e. The Balaban J connectivity index is 1.99. The van der Waals surface area contributed by atoms with Crippen molar-refractivity contribution in [3.8, 4) is 0 Å². The van der Waals surface area contributed by atoms with E-state index in [1.165, 1.54) is 0 Å². The smallest absolute Gasteiger partial charge is 0.251 e. The molecule has 1 aliphatic rings. The molecular weight excluding hydrogens is 296 g/mol. The van der Waals surface area contributed by atoms with Gasteiger partial charge in [-0.25, -0.2) is 0 Å². The summed E-state index contributed by atoms with van der Waals surface area (Å²) < 4.78 is 0.923. The monoisotopic (exact) mass is 310 g/mol. The van der Waals surface area contributed by atoms with Crippen LogP contribution in [0.4, 0.5) is 0 Å². The van der Waals surface area contributed by atoms with E-state index in [-0.39, 0.29) is 17.9 Å². The quantitative estimate of drug-likeness (QED) is 0.874. The summed E-state index contributed by atoms with van der Waals surface area (Å²) in [5, 5.41) is 5.67. The Hall–Kier alpha value is -1.36. The van der Waals surface area contributed by atoms with Gasteiger partial charge in [-0.05, 0) is 31.0 Å². The molecule has 1 aromatic carbocycles. The van der Waals surface area contributed by atoms with Gasteiger partial charge in [-0.3, -0.25) is 9.59 Å². The van der Waals surface area contributed by atoms with Gasteiger partial charge >= 0.3 is 0 Å². The fraction of sp³-hybridized carbons (Fsp3) is 0.385. The summed E-state index contributed by atoms with van der Waals surface area (Å²) in [6.07, 6.45) is 1.17. The number of aryl methyl sites for hydroxylation is 1. The summed E-state index contributed by atoms with van der Waals surface area (Å²) in [6.45, 7) is 2.49. The molecule has 0 saturated carbocycles. The van der Waals surface area contributed by atoms with Crippen molar-refractivity contribution in [1.29, 1.82) is 0 Å². The molecule has 0 aromatic heterocycles. The number of nitrogens with one attached hydrogen (secondary N) is 2. The lowest BCUT2D eigenvalue weighted by Crippen LogP contribution is -2.47. The number of piperidine rings is 1. The zero-order valence-electron chi connectivity index (χ0n) is 10.1. The number of benzene rings is 1. The molecule has 0 radical (unpaired) electrons. The molecule has 2 N–H and O–H groups in total. The van der Waals surface area contributed by atoms with E-state index in [9.17, 15) is 9.59 Å². The number of hydrogen-bond donors (Lipinski definition) is 2. The van der Waals surface area contributed by atoms with Crippen LogP contribution in [0, 0.1) is 6.92 Å². The maximum atomic E-state index is 12.0. The molecule has 4 nitrogen and oxygen atoms in total. The Morgan fingerprint density at radius 1 is 1.50 bits per heavy atom. The predicted molar refractivity (Wildman–Crippen MR) is 72.4 cm³/mol. The van der Waals surface area contributed by atoms with Crippen LogP contribution in [-0.2, 0) is 4.79 Å². The maximum absolute atomic E-state index is 12.0. The van der Waals surface area contributed by atoms with E-state index in [0.29, 0.717) is 24.9 Å². The Kier molecular flexibility index (Phi) is 4.01. The minimum atomic E-state index is -0.100. The van der Waals surface area contributed by atoms with Crippen molar-refractivity contribution in [2.45, 2.75) is 25.8 Å². The lowest BCUT2D eigenvalue weighted by atomic mass is 10.1. The molecule has 1 unspecified atom stereocenters. The first-order valence-electron chi connectivity index (χ1n) is 5.90. The van der Waals surface area contributed by atoms with Crippen LogP contribution in [0.25, 0.3) is 0 Å². The molecule has 0 spiro atoms. The maximum Gasteiger partial charge on any atom is 0.251 e. The summed E-state index contributed by atoms with van der Waals surface area (Å²) in [4.78, 5) is 23.0. The Bertz CT molecular complexity index is 478. The second-order valence-corrected chi connectivity index (χ2v) is 5.33. The van der Waals surface area contributed by atoms with Gasteiger partial charge in [0, 0.05) is 29.0 Å². The number of carbonyl (C=O) groups is 2. The third kappa shape index (κ3) is 3.10. The van der Waals surface area contributed by atoms with Crippen molar-refractivity contribution < 1.29 is 9.59 Å². The van der Waals surface area contributed by atoms with Crippen molar-refractivity contribution in [3.63, 3.8) is 0 Å². The third-order valence-electron chi connectivity index (χ3n) is 3.03. The van der Waals surface area contributed by atoms with Crippen LogP contribution in [0.2, 0.25) is 0 Å². The summed E-state index contributed by atoms with van der Waals surface area (Å²) in [6, 6.07) is 5.54. The van der Waals surface area contributed by atoms with E-state index in [4.69, 9.17) is 0 Å². The highest BCUT2D eigenvalue weighted by Crippen LogP contribution is 2.17. The average Bonchev–Trinajstić information content (AvgIpc) is 2.35. The zero-order chi connectivity index (χ0) is 13.1. The second-order valence-electron chi connectivity index (χ2n) is 4.48. The molecule has 96 valence electrons. The van der Waals surface area contributed by atoms with Gasteiger partial charge in [-0.1, -0.05) is 22.0 Å². The number of carbonyl (C=O) groups excluding carboxylic acids is 2. The van der Waals surface area contributed by atoms with Gasteiger partial charge < -0.3 is 10.6 Å². The van der Waals surface area contributed by atoms with Crippen LogP contribution in [0.3, 0.4) is 0 Å². The van der Waals surface area contributed by atoms with Crippen LogP contribution in [-0.4, -0.2) is 24.4 Å². The van der Waals surface area contributed by atoms with Crippen molar-refractivity contribution in [2.24, 2.45) is 0 Å². The molecule has 2 rings (SSSR count). The fourth-order valence-corrected chi connectivity index (χ4v) is 2.24. The van der Waals surface area contributed by atoms with Crippen molar-refractivity contribution in [3.05, 3.63) is 33.8 Å². The first kappa shape index (κ1) is 13.1. The van der Waals surface area contributed by atoms with Crippen LogP contribution in [0.5, 0.6) is 0 Å². The van der Waals surface area contributed by atoms with Gasteiger partial charge in [0.25, 0.3) is 5.91 Å². The first-order valence-corrected chi connectivity index (χ1v) is 6.69. The van der Waals surface area contributed by atoms with Gasteiger partial charge in [0.2, 0.25) is 5.91 Å². The molecule has 1 heterocycles. The van der Waals surface area contributed by atoms with E-state index in [0.717, 1.165) is 10.0 Å². The topological polar surface area (TPSA) is 58.2 Å². The number of rotatable bonds is 2. The van der Waals surface area contributed by atoms with Gasteiger partial charge in [0.05, 0.1) is 0 Å². The van der Waals surface area contributed by atoms with E-state index in [1.54, 1.807) is 6.07 Å². The van der Waals surface area contributed by atoms with E-state index in [2.05, 4.69) is 26.6 Å². The molecule has 5 heteroatoms. The number of amides is 2. The number of halogens is 1. The predicted octanol–water partition coefficient (Wildman–Crippen LogP) is 1.77. The second kappa shape index (κ2) is 5.52. The standard InChI is InChI=1S/C13H15BrN2O2/c1-8-2-3-9(6-11(8)14)13(18)16-10-4-5-12(17)15-7-10/h2-3,6,10H,4-5,7H2,1H3,(H,15,17)(H,16,18). The minimum absolute atomic E-state index is 0.0234. The lowest BCUT2D eigenvalue weighted by molar-refractivity contribution is -0.122. The lowest BCUT2D eigenvalue weighted by Gasteiger charge is -2.23. The molecule has 18 heavy (non-hydrogen) atoms. The molecule has 0 aliphatic carbocycles. The summed E-state index contributed by atoms with van der Waals surface area (Å²) in [5.41, 5.74) is 1.72. The first-order chi connectivity index (χ1) is 8.56. The van der Waals surface area contributed by atoms with Crippen molar-refractivity contribution in [2.75, 3.05) is 6.54 Å². The normalized spacial score (nSPS) is 19.2. The van der Waals surface area contributed by atoms with E-state index in [1.807, 2.05) is 19.1 Å². The van der Waals surface area contributed by atoms with Crippen LogP contribution >= 0.6 is 15.9 Å². The van der Waals surface area contributed by atoms with E-state index >= 15 is 0 Å². The number of hydrogen-bond acceptors (Lipinski definition) is 2. The molecule has 1 saturated heterocycles. The van der Waals surface area contributed by atoms with Crippen LogP contribution < -0.4 is 10.6 Å². The highest BCUT2D eigenvalue weighted by Gasteiger charge is 2.20. The zero-order valence-corrected chi connectivity index (χ0v) is 11.7. The Morgan fingerprint density at radius 3 is 2.89 bits per heavy atom. The van der Waals surface area contributed by atoms with Gasteiger partial charge in [0.15, 0.2) is 0 Å². The summed E-state index contributed by atoms with van der Waals surface area (Å²) >= 11 is 3.41. The van der Waals surface area contributed by atoms with Gasteiger partial charge in [-0.2, -0.15) is 0 Å². The van der Waals surface area contributed by atoms with Gasteiger partial charge in [-0.15, -0.1) is 0 Å². The third-order valence-corrected chi connectivity index (χ3v) is 3.89. The molecule has 1 atom stereocenters. The summed E-state index contributed by atoms with van der Waals surface area (Å²) in [7, 11) is 0. The van der Waals surface area contributed by atoms with Crippen molar-refractivity contribution in [1.82, 2.24) is 10.6 Å². The average molecular weight is 311 g/mol. The molecule has 1 aliphatic heterocycles. The molecule has 2 amide bonds. The molecule has 1 aromatic rings. The molecule has 0 bridgehead atoms. The Morgan fingerprint density at radius 2 is 2.28 bits per heavy atom. The molecule has 1 fully saturated rings.